The molecule has 0 aromatic heterocycles. The number of ether oxygens (including phenoxy) is 8. The Hall–Kier alpha value is -7.64. The molecule has 0 heterocycles. The number of benzene rings is 4. The van der Waals surface area contributed by atoms with Gasteiger partial charge in [-0.1, -0.05) is 43.2 Å². The summed E-state index contributed by atoms with van der Waals surface area (Å²) in [6.45, 7) is 4.09. The lowest BCUT2D eigenvalue weighted by Crippen LogP contribution is -2.40. The zero-order valence-electron chi connectivity index (χ0n) is 35.1. The van der Waals surface area contributed by atoms with Gasteiger partial charge in [0.25, 0.3) is 0 Å². The molecule has 0 aliphatic carbocycles. The van der Waals surface area contributed by atoms with Crippen molar-refractivity contribution in [2.45, 2.75) is 41.0 Å². The second kappa shape index (κ2) is 22.3. The lowest BCUT2D eigenvalue weighted by molar-refractivity contribution is -0.132. The summed E-state index contributed by atoms with van der Waals surface area (Å²) >= 11 is 0. The SMILES string of the molecule is C#CC(COCC(C)(COC(=O)c1cccc(OC(C)=O)c1)CC(=O)c1cccc(OC(C)=O)c1)(COC(=O)c1cccc(OC(C)=O)c1)COC(=O)c1cccc(OC(C)=O)c1. The molecule has 0 N–H and O–H groups in total. The number of carbonyl (C=O) groups is 8. The number of rotatable bonds is 20. The summed E-state index contributed by atoms with van der Waals surface area (Å²) in [4.78, 5) is 99.7. The van der Waals surface area contributed by atoms with Gasteiger partial charge in [-0.05, 0) is 66.7 Å². The van der Waals surface area contributed by atoms with Crippen molar-refractivity contribution in [2.75, 3.05) is 33.0 Å². The molecule has 0 aliphatic rings. The molecule has 328 valence electrons. The van der Waals surface area contributed by atoms with Gasteiger partial charge in [-0.25, -0.2) is 14.4 Å². The fraction of sp³-hybridized carbons (Fsp3) is 0.277. The van der Waals surface area contributed by atoms with Crippen LogP contribution >= 0.6 is 0 Å². The Balaban J connectivity index is 1.61. The van der Waals surface area contributed by atoms with Crippen LogP contribution in [0.2, 0.25) is 0 Å². The van der Waals surface area contributed by atoms with E-state index in [1.807, 2.05) is 0 Å². The van der Waals surface area contributed by atoms with Gasteiger partial charge in [0, 0.05) is 45.1 Å². The number of Topliss-reactive ketones (excluding diaryl/α,β-unsaturated/α-hetero) is 1. The maximum Gasteiger partial charge on any atom is 0.338 e. The summed E-state index contributed by atoms with van der Waals surface area (Å²) in [6, 6.07) is 22.9. The first-order valence-corrected chi connectivity index (χ1v) is 19.1. The van der Waals surface area contributed by atoms with E-state index >= 15 is 0 Å². The van der Waals surface area contributed by atoms with Crippen molar-refractivity contribution < 1.29 is 76.3 Å². The number of hydrogen-bond donors (Lipinski definition) is 0. The van der Waals surface area contributed by atoms with Gasteiger partial charge in [0.15, 0.2) is 5.78 Å². The van der Waals surface area contributed by atoms with Crippen LogP contribution in [0.4, 0.5) is 0 Å². The molecule has 63 heavy (non-hydrogen) atoms. The van der Waals surface area contributed by atoms with E-state index < -0.39 is 84.8 Å². The molecule has 16 nitrogen and oxygen atoms in total. The van der Waals surface area contributed by atoms with Crippen LogP contribution in [0.25, 0.3) is 0 Å². The molecule has 4 rings (SSSR count). The minimum atomic E-state index is -1.68. The topological polar surface area (TPSA) is 210 Å². The number of esters is 7. The number of ketones is 1. The second-order valence-electron chi connectivity index (χ2n) is 14.5. The largest absolute Gasteiger partial charge is 0.461 e. The standard InChI is InChI=1S/C47H44O16/c1-7-47(28-58-44(54)36-14-10-18-40(22-36)62-32(4)50,29-59-45(55)37-15-11-19-41(23-37)63-33(5)51)27-56-25-46(6,24-42(52)34-12-8-16-38(20-34)60-30(2)48)26-57-43(53)35-13-9-17-39(21-35)61-31(3)49/h1,8-23H,24-29H2,2-6H3. The van der Waals surface area contributed by atoms with Gasteiger partial charge < -0.3 is 37.9 Å². The lowest BCUT2D eigenvalue weighted by Gasteiger charge is -2.32. The quantitative estimate of drug-likeness (QED) is 0.0319. The van der Waals surface area contributed by atoms with Crippen LogP contribution in [0.3, 0.4) is 0 Å². The Morgan fingerprint density at radius 3 is 1.16 bits per heavy atom. The highest BCUT2D eigenvalue weighted by Gasteiger charge is 2.36. The van der Waals surface area contributed by atoms with E-state index in [0.29, 0.717) is 0 Å². The highest BCUT2D eigenvalue weighted by atomic mass is 16.6. The van der Waals surface area contributed by atoms with Crippen molar-refractivity contribution in [3.63, 3.8) is 0 Å². The van der Waals surface area contributed by atoms with Crippen molar-refractivity contribution in [1.82, 2.24) is 0 Å². The van der Waals surface area contributed by atoms with Crippen LogP contribution in [0, 0.1) is 23.2 Å². The average Bonchev–Trinajstić information content (AvgIpc) is 3.23. The summed E-state index contributed by atoms with van der Waals surface area (Å²) in [5, 5.41) is 0. The van der Waals surface area contributed by atoms with Crippen LogP contribution in [0.1, 0.15) is 82.5 Å². The maximum absolute atomic E-state index is 13.8. The molecular weight excluding hydrogens is 821 g/mol. The van der Waals surface area contributed by atoms with Crippen LogP contribution in [0.5, 0.6) is 23.0 Å². The van der Waals surface area contributed by atoms with E-state index in [0.717, 1.165) is 0 Å². The molecule has 16 heteroatoms. The summed E-state index contributed by atoms with van der Waals surface area (Å²) in [5.74, 6) is -2.51. The third-order valence-corrected chi connectivity index (χ3v) is 8.64. The van der Waals surface area contributed by atoms with E-state index in [1.54, 1.807) is 6.92 Å². The van der Waals surface area contributed by atoms with Crippen LogP contribution in [0.15, 0.2) is 97.1 Å². The highest BCUT2D eigenvalue weighted by Crippen LogP contribution is 2.30. The van der Waals surface area contributed by atoms with Gasteiger partial charge in [0.05, 0.1) is 36.5 Å². The van der Waals surface area contributed by atoms with Gasteiger partial charge in [0.2, 0.25) is 0 Å². The first-order chi connectivity index (χ1) is 29.9. The summed E-state index contributed by atoms with van der Waals surface area (Å²) in [7, 11) is 0. The molecule has 1 unspecified atom stereocenters. The maximum atomic E-state index is 13.8. The Morgan fingerprint density at radius 2 is 0.810 bits per heavy atom. The highest BCUT2D eigenvalue weighted by molar-refractivity contribution is 5.97. The fourth-order valence-corrected chi connectivity index (χ4v) is 5.73. The second-order valence-corrected chi connectivity index (χ2v) is 14.5. The molecule has 4 aromatic rings. The van der Waals surface area contributed by atoms with Gasteiger partial charge in [-0.15, -0.1) is 6.42 Å². The van der Waals surface area contributed by atoms with Crippen molar-refractivity contribution in [1.29, 1.82) is 0 Å². The Morgan fingerprint density at radius 1 is 0.476 bits per heavy atom. The smallest absolute Gasteiger partial charge is 0.338 e. The van der Waals surface area contributed by atoms with Crippen molar-refractivity contribution in [3.05, 3.63) is 119 Å². The predicted molar refractivity (Wildman–Crippen MR) is 221 cm³/mol. The number of carbonyl (C=O) groups excluding carboxylic acids is 8. The molecule has 0 fully saturated rings. The van der Waals surface area contributed by atoms with Crippen molar-refractivity contribution in [3.8, 4) is 35.3 Å². The molecule has 4 aromatic carbocycles. The van der Waals surface area contributed by atoms with Crippen LogP contribution in [-0.4, -0.2) is 80.6 Å². The normalized spacial score (nSPS) is 11.7. The molecule has 0 saturated heterocycles. The number of hydrogen-bond acceptors (Lipinski definition) is 16. The molecular formula is C47H44O16. The molecule has 0 spiro atoms. The molecule has 0 saturated carbocycles. The molecule has 0 radical (unpaired) electrons. The monoisotopic (exact) mass is 864 g/mol. The van der Waals surface area contributed by atoms with Crippen molar-refractivity contribution in [2.24, 2.45) is 10.8 Å². The Bertz CT molecular complexity index is 2330. The Kier molecular flexibility index (Phi) is 17.0. The molecule has 1 atom stereocenters. The summed E-state index contributed by atoms with van der Waals surface area (Å²) < 4.78 is 43.4. The fourth-order valence-electron chi connectivity index (χ4n) is 5.73. The van der Waals surface area contributed by atoms with E-state index in [1.165, 1.54) is 125 Å². The van der Waals surface area contributed by atoms with E-state index in [4.69, 9.17) is 44.3 Å². The van der Waals surface area contributed by atoms with Gasteiger partial charge >= 0.3 is 41.8 Å². The molecule has 0 bridgehead atoms. The Labute approximate surface area is 362 Å². The third-order valence-electron chi connectivity index (χ3n) is 8.64. The first-order valence-electron chi connectivity index (χ1n) is 19.1. The minimum Gasteiger partial charge on any atom is -0.461 e. The lowest BCUT2D eigenvalue weighted by atomic mass is 9.84. The van der Waals surface area contributed by atoms with Crippen LogP contribution < -0.4 is 18.9 Å². The molecule has 0 aliphatic heterocycles. The zero-order valence-corrected chi connectivity index (χ0v) is 35.1. The minimum absolute atomic E-state index is 0.00365. The van der Waals surface area contributed by atoms with E-state index in [9.17, 15) is 38.4 Å². The van der Waals surface area contributed by atoms with Gasteiger partial charge in [-0.2, -0.15) is 0 Å². The van der Waals surface area contributed by atoms with Crippen molar-refractivity contribution >= 4 is 47.6 Å². The first kappa shape index (κ1) is 48.0. The van der Waals surface area contributed by atoms with E-state index in [2.05, 4.69) is 5.92 Å². The summed E-state index contributed by atoms with van der Waals surface area (Å²) in [6.07, 6.45) is 5.77. The third kappa shape index (κ3) is 15.4. The zero-order chi connectivity index (χ0) is 46.2. The number of terminal acetylenes is 1. The molecule has 0 amide bonds. The van der Waals surface area contributed by atoms with Gasteiger partial charge in [-0.3, -0.25) is 24.0 Å². The average molecular weight is 865 g/mol. The van der Waals surface area contributed by atoms with Crippen LogP contribution in [-0.2, 0) is 38.1 Å². The van der Waals surface area contributed by atoms with Gasteiger partial charge in [0.1, 0.15) is 41.6 Å². The predicted octanol–water partition coefficient (Wildman–Crippen LogP) is 6.17. The van der Waals surface area contributed by atoms with E-state index in [-0.39, 0.29) is 58.3 Å². The summed E-state index contributed by atoms with van der Waals surface area (Å²) in [5.41, 5.74) is -2.74.